The summed E-state index contributed by atoms with van der Waals surface area (Å²) >= 11 is 0. The Morgan fingerprint density at radius 2 is 1.47 bits per heavy atom. The van der Waals surface area contributed by atoms with Crippen molar-refractivity contribution >= 4 is 17.2 Å². The van der Waals surface area contributed by atoms with Gasteiger partial charge >= 0.3 is 0 Å². The van der Waals surface area contributed by atoms with Gasteiger partial charge in [-0.05, 0) is 6.07 Å². The number of benzene rings is 2. The highest BCUT2D eigenvalue weighted by atomic mass is 16.6. The van der Waals surface area contributed by atoms with Crippen molar-refractivity contribution < 1.29 is 15.1 Å². The quantitative estimate of drug-likeness (QED) is 0.381. The number of aliphatic hydroxyl groups excluding tert-OH is 2. The maximum atomic E-state index is 10.9. The van der Waals surface area contributed by atoms with Gasteiger partial charge in [0.2, 0.25) is 0 Å². The second-order valence-electron chi connectivity index (χ2n) is 3.84. The van der Waals surface area contributed by atoms with Gasteiger partial charge in [0.15, 0.2) is 11.5 Å². The number of hydrogen-bond donors (Lipinski definition) is 2. The third-order valence-corrected chi connectivity index (χ3v) is 2.63. The summed E-state index contributed by atoms with van der Waals surface area (Å²) in [6.45, 7) is 0. The van der Waals surface area contributed by atoms with Crippen molar-refractivity contribution in [1.29, 1.82) is 0 Å². The summed E-state index contributed by atoms with van der Waals surface area (Å²) in [7, 11) is 0. The predicted molar refractivity (Wildman–Crippen MR) is 71.6 cm³/mol. The Bertz CT molecular complexity index is 635. The molecule has 2 aromatic rings. The van der Waals surface area contributed by atoms with E-state index in [1.807, 2.05) is 0 Å². The number of nitro groups is 1. The molecule has 0 aliphatic heterocycles. The topological polar surface area (TPSA) is 83.6 Å². The number of nitrogens with zero attached hydrogens (tertiary/aromatic N) is 1. The smallest absolute Gasteiger partial charge is 0.280 e. The molecule has 0 aromatic heterocycles. The lowest BCUT2D eigenvalue weighted by atomic mass is 10.1. The van der Waals surface area contributed by atoms with Gasteiger partial charge in [0.1, 0.15) is 0 Å². The normalized spacial score (nSPS) is 11.8. The number of hydrogen-bond acceptors (Lipinski definition) is 4. The fourth-order valence-corrected chi connectivity index (χ4v) is 1.69. The average Bonchev–Trinajstić information content (AvgIpc) is 2.46. The van der Waals surface area contributed by atoms with Crippen molar-refractivity contribution in [1.82, 2.24) is 0 Å². The zero-order valence-electron chi connectivity index (χ0n) is 9.85. The number of nitro benzene ring substituents is 1. The van der Waals surface area contributed by atoms with Gasteiger partial charge in [-0.15, -0.1) is 0 Å². The Labute approximate surface area is 109 Å². The number of aliphatic hydroxyl groups is 2. The molecule has 0 aliphatic rings. The zero-order valence-corrected chi connectivity index (χ0v) is 9.85. The minimum atomic E-state index is -0.607. The third kappa shape index (κ3) is 2.55. The standard InChI is InChI=1S/C14H11NO4/c16-13(10-6-2-1-3-7-10)14(17)11-8-4-5-9-12(11)15(18)19/h1-9,16-17H. The van der Waals surface area contributed by atoms with E-state index in [9.17, 15) is 20.3 Å². The van der Waals surface area contributed by atoms with Crippen LogP contribution in [0, 0.1) is 10.1 Å². The molecule has 0 radical (unpaired) electrons. The largest absolute Gasteiger partial charge is 0.504 e. The highest BCUT2D eigenvalue weighted by molar-refractivity contribution is 5.85. The van der Waals surface area contributed by atoms with Gasteiger partial charge in [0.05, 0.1) is 10.5 Å². The second kappa shape index (κ2) is 5.22. The monoisotopic (exact) mass is 257 g/mol. The molecule has 96 valence electrons. The van der Waals surface area contributed by atoms with E-state index in [2.05, 4.69) is 0 Å². The molecule has 0 aliphatic carbocycles. The fraction of sp³-hybridized carbons (Fsp3) is 0. The van der Waals surface area contributed by atoms with E-state index in [1.54, 1.807) is 36.4 Å². The summed E-state index contributed by atoms with van der Waals surface area (Å²) in [6.07, 6.45) is 0. The van der Waals surface area contributed by atoms with Gasteiger partial charge < -0.3 is 10.2 Å². The Kier molecular flexibility index (Phi) is 3.47. The van der Waals surface area contributed by atoms with Crippen LogP contribution in [0.2, 0.25) is 0 Å². The van der Waals surface area contributed by atoms with Gasteiger partial charge in [-0.2, -0.15) is 0 Å². The van der Waals surface area contributed by atoms with Gasteiger partial charge in [-0.25, -0.2) is 0 Å². The minimum absolute atomic E-state index is 0.0196. The maximum Gasteiger partial charge on any atom is 0.280 e. The predicted octanol–water partition coefficient (Wildman–Crippen LogP) is 3.54. The van der Waals surface area contributed by atoms with E-state index in [0.717, 1.165) is 0 Å². The summed E-state index contributed by atoms with van der Waals surface area (Å²) in [6, 6.07) is 14.0. The van der Waals surface area contributed by atoms with Gasteiger partial charge in [-0.3, -0.25) is 10.1 Å². The first-order valence-electron chi connectivity index (χ1n) is 5.52. The van der Waals surface area contributed by atoms with Crippen LogP contribution in [-0.4, -0.2) is 15.1 Å². The molecule has 19 heavy (non-hydrogen) atoms. The molecule has 0 spiro atoms. The Morgan fingerprint density at radius 1 is 0.895 bits per heavy atom. The first kappa shape index (κ1) is 12.6. The molecule has 0 saturated carbocycles. The zero-order chi connectivity index (χ0) is 13.8. The number of rotatable bonds is 3. The molecule has 0 bridgehead atoms. The lowest BCUT2D eigenvalue weighted by molar-refractivity contribution is -0.385. The van der Waals surface area contributed by atoms with Crippen molar-refractivity contribution in [3.63, 3.8) is 0 Å². The summed E-state index contributed by atoms with van der Waals surface area (Å²) in [5.74, 6) is -0.909. The molecule has 5 nitrogen and oxygen atoms in total. The van der Waals surface area contributed by atoms with Gasteiger partial charge in [0, 0.05) is 11.6 Å². The number of para-hydroxylation sites is 1. The molecule has 0 amide bonds. The van der Waals surface area contributed by atoms with Crippen molar-refractivity contribution in [3.8, 4) is 0 Å². The van der Waals surface area contributed by atoms with Crippen LogP contribution in [0.1, 0.15) is 11.1 Å². The van der Waals surface area contributed by atoms with E-state index in [4.69, 9.17) is 0 Å². The van der Waals surface area contributed by atoms with Crippen LogP contribution in [0.15, 0.2) is 54.6 Å². The summed E-state index contributed by atoms with van der Waals surface area (Å²) in [5, 5.41) is 30.8. The molecule has 2 rings (SSSR count). The fourth-order valence-electron chi connectivity index (χ4n) is 1.69. The van der Waals surface area contributed by atoms with E-state index in [0.29, 0.717) is 5.56 Å². The molecule has 0 atom stereocenters. The summed E-state index contributed by atoms with van der Waals surface area (Å²) in [5.41, 5.74) is 0.106. The lowest BCUT2D eigenvalue weighted by Gasteiger charge is -2.06. The van der Waals surface area contributed by atoms with Crippen molar-refractivity contribution in [2.75, 3.05) is 0 Å². The molecule has 0 unspecified atom stereocenters. The van der Waals surface area contributed by atoms with Crippen LogP contribution in [0.25, 0.3) is 11.5 Å². The van der Waals surface area contributed by atoms with Crippen LogP contribution in [0.4, 0.5) is 5.69 Å². The van der Waals surface area contributed by atoms with E-state index in [-0.39, 0.29) is 11.3 Å². The maximum absolute atomic E-state index is 10.9. The minimum Gasteiger partial charge on any atom is -0.504 e. The Hall–Kier alpha value is -2.82. The molecule has 2 aromatic carbocycles. The van der Waals surface area contributed by atoms with Crippen LogP contribution < -0.4 is 0 Å². The van der Waals surface area contributed by atoms with Crippen molar-refractivity contribution in [3.05, 3.63) is 75.8 Å². The Balaban J connectivity index is 2.56. The first-order chi connectivity index (χ1) is 9.11. The molecular formula is C14H11NO4. The first-order valence-corrected chi connectivity index (χ1v) is 5.52. The molecule has 0 heterocycles. The summed E-state index contributed by atoms with van der Waals surface area (Å²) < 4.78 is 0. The highest BCUT2D eigenvalue weighted by Crippen LogP contribution is 2.28. The van der Waals surface area contributed by atoms with E-state index >= 15 is 0 Å². The van der Waals surface area contributed by atoms with Gasteiger partial charge in [0.25, 0.3) is 5.69 Å². The van der Waals surface area contributed by atoms with Crippen molar-refractivity contribution in [2.45, 2.75) is 0 Å². The van der Waals surface area contributed by atoms with Crippen LogP contribution in [0.3, 0.4) is 0 Å². The average molecular weight is 257 g/mol. The lowest BCUT2D eigenvalue weighted by Crippen LogP contribution is -1.97. The van der Waals surface area contributed by atoms with Crippen LogP contribution in [-0.2, 0) is 0 Å². The van der Waals surface area contributed by atoms with Crippen LogP contribution >= 0.6 is 0 Å². The van der Waals surface area contributed by atoms with E-state index in [1.165, 1.54) is 18.2 Å². The SMILES string of the molecule is O=[N+]([O-])c1ccccc1C(O)=C(O)c1ccccc1. The van der Waals surface area contributed by atoms with Crippen molar-refractivity contribution in [2.24, 2.45) is 0 Å². The molecule has 0 saturated heterocycles. The van der Waals surface area contributed by atoms with E-state index < -0.39 is 16.4 Å². The Morgan fingerprint density at radius 3 is 2.11 bits per heavy atom. The summed E-state index contributed by atoms with van der Waals surface area (Å²) in [4.78, 5) is 10.3. The van der Waals surface area contributed by atoms with Gasteiger partial charge in [-0.1, -0.05) is 42.5 Å². The second-order valence-corrected chi connectivity index (χ2v) is 3.84. The molecule has 5 heteroatoms. The molecular weight excluding hydrogens is 246 g/mol. The third-order valence-electron chi connectivity index (χ3n) is 2.63. The molecule has 0 fully saturated rings. The molecule has 2 N–H and O–H groups in total. The highest BCUT2D eigenvalue weighted by Gasteiger charge is 2.19. The van der Waals surface area contributed by atoms with Crippen LogP contribution in [0.5, 0.6) is 0 Å².